The molecule has 3 nitrogen and oxygen atoms in total. The van der Waals surface area contributed by atoms with Crippen molar-refractivity contribution in [2.75, 3.05) is 25.6 Å². The molecule has 1 aromatic rings. The number of Topliss-reactive ketones (excluding diaryl/α,β-unsaturated/α-hetero) is 1. The standard InChI is InChI=1S/C12H15NO2/c1-13-8-4-6-10(14)9-5-3-7-11(15-2)12(9)13/h3,5,7H,4,6,8H2,1-2H3. The highest BCUT2D eigenvalue weighted by molar-refractivity contribution is 6.03. The van der Waals surface area contributed by atoms with Crippen LogP contribution in [0.2, 0.25) is 0 Å². The van der Waals surface area contributed by atoms with Crippen molar-refractivity contribution in [2.45, 2.75) is 12.8 Å². The fraction of sp³-hybridized carbons (Fsp3) is 0.417. The predicted octanol–water partition coefficient (Wildman–Crippen LogP) is 2.11. The Labute approximate surface area is 89.7 Å². The summed E-state index contributed by atoms with van der Waals surface area (Å²) < 4.78 is 5.29. The zero-order valence-electron chi connectivity index (χ0n) is 9.12. The summed E-state index contributed by atoms with van der Waals surface area (Å²) in [7, 11) is 3.64. The first-order valence-electron chi connectivity index (χ1n) is 5.15. The van der Waals surface area contributed by atoms with Gasteiger partial charge >= 0.3 is 0 Å². The first kappa shape index (κ1) is 10.0. The van der Waals surface area contributed by atoms with Crippen LogP contribution in [0, 0.1) is 0 Å². The van der Waals surface area contributed by atoms with Gasteiger partial charge in [0.2, 0.25) is 0 Å². The number of fused-ring (bicyclic) bond motifs is 1. The molecule has 0 saturated carbocycles. The second kappa shape index (κ2) is 3.93. The predicted molar refractivity (Wildman–Crippen MR) is 59.8 cm³/mol. The monoisotopic (exact) mass is 205 g/mol. The zero-order chi connectivity index (χ0) is 10.8. The maximum absolute atomic E-state index is 11.8. The molecule has 0 atom stereocenters. The number of methoxy groups -OCH3 is 1. The molecular weight excluding hydrogens is 190 g/mol. The summed E-state index contributed by atoms with van der Waals surface area (Å²) in [6, 6.07) is 5.64. The number of carbonyl (C=O) groups is 1. The lowest BCUT2D eigenvalue weighted by atomic mass is 10.1. The lowest BCUT2D eigenvalue weighted by molar-refractivity contribution is 0.0983. The van der Waals surface area contributed by atoms with Crippen molar-refractivity contribution in [3.63, 3.8) is 0 Å². The molecule has 0 bridgehead atoms. The Kier molecular flexibility index (Phi) is 2.62. The highest BCUT2D eigenvalue weighted by Gasteiger charge is 2.21. The molecule has 0 aliphatic carbocycles. The number of ketones is 1. The first-order valence-corrected chi connectivity index (χ1v) is 5.15. The molecule has 2 rings (SSSR count). The molecule has 1 heterocycles. The van der Waals surface area contributed by atoms with E-state index in [0.717, 1.165) is 30.0 Å². The van der Waals surface area contributed by atoms with Gasteiger partial charge in [-0.1, -0.05) is 6.07 Å². The van der Waals surface area contributed by atoms with Gasteiger partial charge in [-0.05, 0) is 18.6 Å². The molecule has 0 aromatic heterocycles. The van der Waals surface area contributed by atoms with Gasteiger partial charge in [-0.3, -0.25) is 4.79 Å². The van der Waals surface area contributed by atoms with E-state index in [2.05, 4.69) is 4.90 Å². The molecule has 1 aliphatic rings. The van der Waals surface area contributed by atoms with Crippen LogP contribution in [-0.4, -0.2) is 26.5 Å². The van der Waals surface area contributed by atoms with Crippen LogP contribution in [0.25, 0.3) is 0 Å². The number of rotatable bonds is 1. The van der Waals surface area contributed by atoms with E-state index in [1.165, 1.54) is 0 Å². The molecule has 0 fully saturated rings. The molecule has 1 aromatic carbocycles. The summed E-state index contributed by atoms with van der Waals surface area (Å²) in [5.41, 5.74) is 1.72. The molecule has 0 unspecified atom stereocenters. The first-order chi connectivity index (χ1) is 7.24. The quantitative estimate of drug-likeness (QED) is 0.703. The van der Waals surface area contributed by atoms with Gasteiger partial charge in [0.25, 0.3) is 0 Å². The van der Waals surface area contributed by atoms with E-state index in [1.54, 1.807) is 7.11 Å². The van der Waals surface area contributed by atoms with E-state index in [4.69, 9.17) is 4.74 Å². The molecule has 0 N–H and O–H groups in total. The van der Waals surface area contributed by atoms with E-state index in [-0.39, 0.29) is 5.78 Å². The van der Waals surface area contributed by atoms with Gasteiger partial charge in [0.05, 0.1) is 12.8 Å². The van der Waals surface area contributed by atoms with E-state index in [9.17, 15) is 4.79 Å². The van der Waals surface area contributed by atoms with Crippen LogP contribution in [0.1, 0.15) is 23.2 Å². The van der Waals surface area contributed by atoms with E-state index in [0.29, 0.717) is 6.42 Å². The van der Waals surface area contributed by atoms with Crippen molar-refractivity contribution in [3.05, 3.63) is 23.8 Å². The molecule has 0 radical (unpaired) electrons. The number of benzene rings is 1. The summed E-state index contributed by atoms with van der Waals surface area (Å²) in [5.74, 6) is 0.999. The van der Waals surface area contributed by atoms with Crippen LogP contribution in [-0.2, 0) is 0 Å². The van der Waals surface area contributed by atoms with Crippen LogP contribution >= 0.6 is 0 Å². The second-order valence-electron chi connectivity index (χ2n) is 3.80. The van der Waals surface area contributed by atoms with Gasteiger partial charge in [-0.15, -0.1) is 0 Å². The Bertz CT molecular complexity index is 387. The highest BCUT2D eigenvalue weighted by atomic mass is 16.5. The summed E-state index contributed by atoms with van der Waals surface area (Å²) in [4.78, 5) is 13.9. The molecule has 80 valence electrons. The minimum Gasteiger partial charge on any atom is -0.495 e. The molecule has 3 heteroatoms. The molecule has 0 saturated heterocycles. The van der Waals surface area contributed by atoms with Crippen molar-refractivity contribution in [3.8, 4) is 5.75 Å². The minimum atomic E-state index is 0.216. The summed E-state index contributed by atoms with van der Waals surface area (Å²) >= 11 is 0. The topological polar surface area (TPSA) is 29.5 Å². The largest absolute Gasteiger partial charge is 0.495 e. The third kappa shape index (κ3) is 1.69. The normalized spacial score (nSPS) is 15.9. The fourth-order valence-corrected chi connectivity index (χ4v) is 2.03. The van der Waals surface area contributed by atoms with Crippen molar-refractivity contribution in [1.82, 2.24) is 0 Å². The van der Waals surface area contributed by atoms with Gasteiger partial charge in [0, 0.05) is 25.6 Å². The van der Waals surface area contributed by atoms with E-state index in [1.807, 2.05) is 25.2 Å². The van der Waals surface area contributed by atoms with Crippen LogP contribution in [0.4, 0.5) is 5.69 Å². The molecule has 1 aliphatic heterocycles. The molecule has 0 spiro atoms. The highest BCUT2D eigenvalue weighted by Crippen LogP contribution is 2.34. The Morgan fingerprint density at radius 3 is 2.93 bits per heavy atom. The number of hydrogen-bond acceptors (Lipinski definition) is 3. The SMILES string of the molecule is COc1cccc2c1N(C)CCCC2=O. The Morgan fingerprint density at radius 1 is 1.40 bits per heavy atom. The van der Waals surface area contributed by atoms with Gasteiger partial charge in [0.15, 0.2) is 5.78 Å². The van der Waals surface area contributed by atoms with Gasteiger partial charge in [-0.2, -0.15) is 0 Å². The van der Waals surface area contributed by atoms with E-state index >= 15 is 0 Å². The molecule has 15 heavy (non-hydrogen) atoms. The summed E-state index contributed by atoms with van der Waals surface area (Å²) in [5, 5.41) is 0. The third-order valence-corrected chi connectivity index (χ3v) is 2.80. The fourth-order valence-electron chi connectivity index (χ4n) is 2.03. The van der Waals surface area contributed by atoms with Crippen molar-refractivity contribution >= 4 is 11.5 Å². The van der Waals surface area contributed by atoms with Gasteiger partial charge in [-0.25, -0.2) is 0 Å². The average Bonchev–Trinajstić information content (AvgIpc) is 2.40. The Balaban J connectivity index is 2.58. The van der Waals surface area contributed by atoms with Crippen molar-refractivity contribution in [1.29, 1.82) is 0 Å². The van der Waals surface area contributed by atoms with Crippen molar-refractivity contribution in [2.24, 2.45) is 0 Å². The zero-order valence-corrected chi connectivity index (χ0v) is 9.12. The van der Waals surface area contributed by atoms with Crippen LogP contribution < -0.4 is 9.64 Å². The number of nitrogens with zero attached hydrogens (tertiary/aromatic N) is 1. The van der Waals surface area contributed by atoms with Crippen molar-refractivity contribution < 1.29 is 9.53 Å². The average molecular weight is 205 g/mol. The van der Waals surface area contributed by atoms with Crippen LogP contribution in [0.5, 0.6) is 5.75 Å². The summed E-state index contributed by atoms with van der Waals surface area (Å²) in [6.45, 7) is 0.902. The summed E-state index contributed by atoms with van der Waals surface area (Å²) in [6.07, 6.45) is 1.54. The van der Waals surface area contributed by atoms with Crippen LogP contribution in [0.15, 0.2) is 18.2 Å². The molecular formula is C12H15NO2. The number of anilines is 1. The van der Waals surface area contributed by atoms with Gasteiger partial charge in [0.1, 0.15) is 5.75 Å². The maximum atomic E-state index is 11.8. The number of ether oxygens (including phenoxy) is 1. The number of hydrogen-bond donors (Lipinski definition) is 0. The number of carbonyl (C=O) groups excluding carboxylic acids is 1. The van der Waals surface area contributed by atoms with Crippen LogP contribution in [0.3, 0.4) is 0 Å². The number of para-hydroxylation sites is 1. The Hall–Kier alpha value is -1.51. The van der Waals surface area contributed by atoms with Gasteiger partial charge < -0.3 is 9.64 Å². The lowest BCUT2D eigenvalue weighted by Crippen LogP contribution is -2.18. The third-order valence-electron chi connectivity index (χ3n) is 2.80. The second-order valence-corrected chi connectivity index (χ2v) is 3.80. The molecule has 0 amide bonds. The lowest BCUT2D eigenvalue weighted by Gasteiger charge is -2.21. The Morgan fingerprint density at radius 2 is 2.20 bits per heavy atom. The maximum Gasteiger partial charge on any atom is 0.165 e. The smallest absolute Gasteiger partial charge is 0.165 e. The van der Waals surface area contributed by atoms with E-state index < -0.39 is 0 Å². The minimum absolute atomic E-state index is 0.216.